The number of hydrogen-bond acceptors (Lipinski definition) is 3. The molecule has 0 aliphatic rings. The molecule has 0 aliphatic carbocycles. The van der Waals surface area contributed by atoms with Crippen LogP contribution in [0.5, 0.6) is 0 Å². The molecule has 0 atom stereocenters. The van der Waals surface area contributed by atoms with Gasteiger partial charge in [-0.3, -0.25) is 0 Å². The summed E-state index contributed by atoms with van der Waals surface area (Å²) in [7, 11) is 0. The minimum absolute atomic E-state index is 0.544. The molecule has 0 unspecified atom stereocenters. The molecule has 3 nitrogen and oxygen atoms in total. The summed E-state index contributed by atoms with van der Waals surface area (Å²) in [5, 5.41) is 3.48. The van der Waals surface area contributed by atoms with Crippen molar-refractivity contribution in [2.24, 2.45) is 0 Å². The summed E-state index contributed by atoms with van der Waals surface area (Å²) in [6.45, 7) is 5.46. The Kier molecular flexibility index (Phi) is 1.26. The smallest absolute Gasteiger partial charge is 0.184 e. The molecule has 48 valence electrons. The van der Waals surface area contributed by atoms with Crippen LogP contribution in [0.25, 0.3) is 5.57 Å². The predicted octanol–water partition coefficient (Wildman–Crippen LogP) is 1.29. The first-order valence-corrected chi connectivity index (χ1v) is 2.58. The molecule has 0 fully saturated rings. The van der Waals surface area contributed by atoms with Gasteiger partial charge in [-0.15, -0.1) is 0 Å². The third-order valence-electron chi connectivity index (χ3n) is 0.986. The number of allylic oxidation sites excluding steroid dienone is 1. The molecular formula is C6H8N2O. The second-order valence-electron chi connectivity index (χ2n) is 1.89. The van der Waals surface area contributed by atoms with E-state index in [0.717, 1.165) is 5.57 Å². The highest BCUT2D eigenvalue weighted by Crippen LogP contribution is 2.17. The molecule has 3 heteroatoms. The van der Waals surface area contributed by atoms with E-state index in [9.17, 15) is 0 Å². The summed E-state index contributed by atoms with van der Waals surface area (Å²) in [6, 6.07) is 0. The van der Waals surface area contributed by atoms with Gasteiger partial charge in [-0.2, -0.15) is 0 Å². The number of aromatic nitrogens is 1. The van der Waals surface area contributed by atoms with E-state index in [2.05, 4.69) is 11.7 Å². The second-order valence-corrected chi connectivity index (χ2v) is 1.89. The largest absolute Gasteiger partial charge is 0.394 e. The molecule has 0 saturated heterocycles. The first-order valence-electron chi connectivity index (χ1n) is 2.58. The maximum absolute atomic E-state index is 5.42. The molecule has 0 radical (unpaired) electrons. The lowest BCUT2D eigenvalue weighted by molar-refractivity contribution is 0.410. The van der Waals surface area contributed by atoms with E-state index in [1.165, 1.54) is 6.20 Å². The van der Waals surface area contributed by atoms with E-state index in [4.69, 9.17) is 10.3 Å². The van der Waals surface area contributed by atoms with Crippen LogP contribution in [0.3, 0.4) is 0 Å². The fourth-order valence-corrected chi connectivity index (χ4v) is 0.571. The van der Waals surface area contributed by atoms with Crippen molar-refractivity contribution in [3.8, 4) is 0 Å². The Labute approximate surface area is 53.1 Å². The molecule has 9 heavy (non-hydrogen) atoms. The molecule has 0 aromatic carbocycles. The van der Waals surface area contributed by atoms with E-state index in [1.807, 2.05) is 6.92 Å². The van der Waals surface area contributed by atoms with Crippen molar-refractivity contribution in [2.45, 2.75) is 6.92 Å². The lowest BCUT2D eigenvalue weighted by Gasteiger charge is -1.89. The summed E-state index contributed by atoms with van der Waals surface area (Å²) in [4.78, 5) is 0. The predicted molar refractivity (Wildman–Crippen MR) is 35.6 cm³/mol. The van der Waals surface area contributed by atoms with Crippen molar-refractivity contribution in [3.05, 3.63) is 18.5 Å². The van der Waals surface area contributed by atoms with Crippen LogP contribution in [0.1, 0.15) is 12.7 Å². The highest BCUT2D eigenvalue weighted by Gasteiger charge is 2.02. The van der Waals surface area contributed by atoms with Crippen LogP contribution in [-0.2, 0) is 0 Å². The van der Waals surface area contributed by atoms with Crippen molar-refractivity contribution in [1.82, 2.24) is 5.16 Å². The standard InChI is InChI=1S/C6H8N2O/c1-4(2)6-5(7)3-8-9-6/h3H,1,7H2,2H3. The van der Waals surface area contributed by atoms with E-state index >= 15 is 0 Å². The highest BCUT2D eigenvalue weighted by atomic mass is 16.5. The molecule has 2 N–H and O–H groups in total. The van der Waals surface area contributed by atoms with Crippen molar-refractivity contribution in [1.29, 1.82) is 0 Å². The highest BCUT2D eigenvalue weighted by molar-refractivity contribution is 5.66. The molecule has 0 bridgehead atoms. The van der Waals surface area contributed by atoms with Gasteiger partial charge in [0.15, 0.2) is 5.76 Å². The number of rotatable bonds is 1. The molecule has 0 saturated carbocycles. The third-order valence-corrected chi connectivity index (χ3v) is 0.986. The van der Waals surface area contributed by atoms with Crippen LogP contribution in [-0.4, -0.2) is 5.16 Å². The summed E-state index contributed by atoms with van der Waals surface area (Å²) < 4.78 is 4.75. The van der Waals surface area contributed by atoms with Crippen molar-refractivity contribution >= 4 is 11.3 Å². The van der Waals surface area contributed by atoms with E-state index in [0.29, 0.717) is 11.4 Å². The summed E-state index contributed by atoms with van der Waals surface area (Å²) in [5.74, 6) is 0.579. The minimum atomic E-state index is 0.544. The maximum atomic E-state index is 5.42. The van der Waals surface area contributed by atoms with Crippen molar-refractivity contribution in [3.63, 3.8) is 0 Å². The van der Waals surface area contributed by atoms with Crippen LogP contribution in [0.15, 0.2) is 17.3 Å². The molecular weight excluding hydrogens is 116 g/mol. The Hall–Kier alpha value is -1.25. The van der Waals surface area contributed by atoms with Gasteiger partial charge in [-0.25, -0.2) is 0 Å². The number of anilines is 1. The lowest BCUT2D eigenvalue weighted by atomic mass is 10.2. The van der Waals surface area contributed by atoms with Crippen LogP contribution in [0.4, 0.5) is 5.69 Å². The first-order chi connectivity index (χ1) is 4.22. The SMILES string of the molecule is C=C(C)c1oncc1N. The van der Waals surface area contributed by atoms with Gasteiger partial charge in [0.25, 0.3) is 0 Å². The van der Waals surface area contributed by atoms with Crippen LogP contribution in [0.2, 0.25) is 0 Å². The zero-order valence-corrected chi connectivity index (χ0v) is 5.22. The molecule has 0 amide bonds. The molecule has 0 spiro atoms. The Morgan fingerprint density at radius 3 is 2.78 bits per heavy atom. The van der Waals surface area contributed by atoms with Crippen LogP contribution >= 0.6 is 0 Å². The van der Waals surface area contributed by atoms with Gasteiger partial charge in [0.05, 0.1) is 11.9 Å². The fourth-order valence-electron chi connectivity index (χ4n) is 0.571. The summed E-state index contributed by atoms with van der Waals surface area (Å²) >= 11 is 0. The maximum Gasteiger partial charge on any atom is 0.184 e. The van der Waals surface area contributed by atoms with Gasteiger partial charge < -0.3 is 10.3 Å². The number of nitrogens with zero attached hydrogens (tertiary/aromatic N) is 1. The molecule has 1 rings (SSSR count). The first kappa shape index (κ1) is 5.88. The zero-order valence-electron chi connectivity index (χ0n) is 5.22. The average molecular weight is 124 g/mol. The fraction of sp³-hybridized carbons (Fsp3) is 0.167. The Bertz CT molecular complexity index is 227. The van der Waals surface area contributed by atoms with Gasteiger partial charge >= 0.3 is 0 Å². The van der Waals surface area contributed by atoms with Gasteiger partial charge in [0.2, 0.25) is 0 Å². The normalized spacial score (nSPS) is 9.44. The number of hydrogen-bond donors (Lipinski definition) is 1. The third kappa shape index (κ3) is 0.937. The van der Waals surface area contributed by atoms with Gasteiger partial charge in [0.1, 0.15) is 0 Å². The second kappa shape index (κ2) is 1.93. The summed E-state index contributed by atoms with van der Waals surface area (Å²) in [5.41, 5.74) is 6.76. The van der Waals surface area contributed by atoms with Crippen LogP contribution < -0.4 is 5.73 Å². The molecule has 1 heterocycles. The molecule has 1 aromatic heterocycles. The molecule has 0 aliphatic heterocycles. The Balaban J connectivity index is 3.08. The number of nitrogen functional groups attached to an aromatic ring is 1. The number of nitrogens with two attached hydrogens (primary N) is 1. The Morgan fingerprint density at radius 1 is 1.89 bits per heavy atom. The summed E-state index contributed by atoms with van der Waals surface area (Å²) in [6.07, 6.45) is 1.46. The quantitative estimate of drug-likeness (QED) is 0.613. The van der Waals surface area contributed by atoms with E-state index in [-0.39, 0.29) is 0 Å². The van der Waals surface area contributed by atoms with E-state index in [1.54, 1.807) is 0 Å². The van der Waals surface area contributed by atoms with Gasteiger partial charge in [-0.1, -0.05) is 11.7 Å². The Morgan fingerprint density at radius 2 is 2.56 bits per heavy atom. The lowest BCUT2D eigenvalue weighted by Crippen LogP contribution is -1.84. The van der Waals surface area contributed by atoms with Crippen molar-refractivity contribution in [2.75, 3.05) is 5.73 Å². The monoisotopic (exact) mass is 124 g/mol. The van der Waals surface area contributed by atoms with Crippen molar-refractivity contribution < 1.29 is 4.52 Å². The minimum Gasteiger partial charge on any atom is -0.394 e. The average Bonchev–Trinajstić information content (AvgIpc) is 2.13. The van der Waals surface area contributed by atoms with Crippen LogP contribution in [0, 0.1) is 0 Å². The van der Waals surface area contributed by atoms with Gasteiger partial charge in [0, 0.05) is 0 Å². The van der Waals surface area contributed by atoms with Gasteiger partial charge in [-0.05, 0) is 12.5 Å². The zero-order chi connectivity index (χ0) is 6.85. The molecule has 1 aromatic rings. The van der Waals surface area contributed by atoms with E-state index < -0.39 is 0 Å². The topological polar surface area (TPSA) is 52.0 Å².